The summed E-state index contributed by atoms with van der Waals surface area (Å²) < 4.78 is 38.5. The highest BCUT2D eigenvalue weighted by Gasteiger charge is 2.40. The fraction of sp³-hybridized carbons (Fsp3) is 0.600. The second-order valence-corrected chi connectivity index (χ2v) is 6.67. The molecular weight excluding hydrogens is 336 g/mol. The molecule has 124 valence electrons. The Balaban J connectivity index is 0.00000176. The topological polar surface area (TPSA) is 15.3 Å². The van der Waals surface area contributed by atoms with E-state index in [1.165, 1.54) is 6.07 Å². The lowest BCUT2D eigenvalue weighted by atomic mass is 9.86. The molecule has 0 bridgehead atoms. The van der Waals surface area contributed by atoms with Crippen LogP contribution in [0.25, 0.3) is 0 Å². The van der Waals surface area contributed by atoms with Crippen LogP contribution in [0.4, 0.5) is 13.2 Å². The summed E-state index contributed by atoms with van der Waals surface area (Å²) in [5, 5.41) is 3.53. The number of benzene rings is 1. The molecule has 0 saturated carbocycles. The molecule has 7 heteroatoms. The summed E-state index contributed by atoms with van der Waals surface area (Å²) in [4.78, 5) is 2.23. The number of hydrogen-bond donors (Lipinski definition) is 1. The van der Waals surface area contributed by atoms with E-state index in [0.29, 0.717) is 17.5 Å². The van der Waals surface area contributed by atoms with Gasteiger partial charge < -0.3 is 5.32 Å². The van der Waals surface area contributed by atoms with Crippen molar-refractivity contribution in [2.75, 3.05) is 26.2 Å². The SMILES string of the molecule is Cl.FC(F)(F)c1cc(Cl)cc(CN2CCC3(CCNC3)C2)c1. The smallest absolute Gasteiger partial charge is 0.316 e. The zero-order valence-corrected chi connectivity index (χ0v) is 13.6. The van der Waals surface area contributed by atoms with Gasteiger partial charge in [-0.2, -0.15) is 13.2 Å². The van der Waals surface area contributed by atoms with E-state index in [2.05, 4.69) is 10.2 Å². The standard InChI is InChI=1S/C15H18ClF3N2.ClH/c16-13-6-11(5-12(7-13)15(17,18)19)8-21-4-2-14(10-21)1-3-20-9-14;/h5-7,20H,1-4,8-10H2;1H. The summed E-state index contributed by atoms with van der Waals surface area (Å²) >= 11 is 5.83. The van der Waals surface area contributed by atoms with Crippen LogP contribution < -0.4 is 5.32 Å². The van der Waals surface area contributed by atoms with Crippen LogP contribution in [0.1, 0.15) is 24.0 Å². The van der Waals surface area contributed by atoms with Gasteiger partial charge in [0.25, 0.3) is 0 Å². The monoisotopic (exact) mass is 354 g/mol. The first-order chi connectivity index (χ1) is 9.86. The minimum atomic E-state index is -4.35. The van der Waals surface area contributed by atoms with Gasteiger partial charge >= 0.3 is 6.18 Å². The van der Waals surface area contributed by atoms with Crippen LogP contribution in [-0.4, -0.2) is 31.1 Å². The molecule has 0 radical (unpaired) electrons. The van der Waals surface area contributed by atoms with Crippen molar-refractivity contribution in [3.05, 3.63) is 34.3 Å². The van der Waals surface area contributed by atoms with Gasteiger partial charge in [0, 0.05) is 24.7 Å². The quantitative estimate of drug-likeness (QED) is 0.864. The molecule has 1 atom stereocenters. The van der Waals surface area contributed by atoms with E-state index in [1.807, 2.05) is 0 Å². The molecule has 0 amide bonds. The Labute approximate surface area is 139 Å². The van der Waals surface area contributed by atoms with Crippen molar-refractivity contribution in [2.24, 2.45) is 5.41 Å². The maximum absolute atomic E-state index is 12.8. The highest BCUT2D eigenvalue weighted by molar-refractivity contribution is 6.30. The van der Waals surface area contributed by atoms with E-state index in [-0.39, 0.29) is 17.4 Å². The summed E-state index contributed by atoms with van der Waals surface area (Å²) in [5.74, 6) is 0. The van der Waals surface area contributed by atoms with Gasteiger partial charge in [-0.05, 0) is 55.1 Å². The fourth-order valence-corrected chi connectivity index (χ4v) is 3.73. The normalized spacial score (nSPS) is 25.6. The molecule has 2 aliphatic rings. The van der Waals surface area contributed by atoms with Gasteiger partial charge in [-0.1, -0.05) is 11.6 Å². The van der Waals surface area contributed by atoms with Crippen molar-refractivity contribution >= 4 is 24.0 Å². The van der Waals surface area contributed by atoms with Crippen molar-refractivity contribution in [2.45, 2.75) is 25.6 Å². The van der Waals surface area contributed by atoms with Crippen LogP contribution in [0.15, 0.2) is 18.2 Å². The van der Waals surface area contributed by atoms with Gasteiger partial charge in [0.05, 0.1) is 5.56 Å². The third-order valence-electron chi connectivity index (χ3n) is 4.54. The average Bonchev–Trinajstić information content (AvgIpc) is 2.99. The van der Waals surface area contributed by atoms with E-state index in [4.69, 9.17) is 11.6 Å². The first kappa shape index (κ1) is 17.9. The molecule has 1 spiro atoms. The number of nitrogens with zero attached hydrogens (tertiary/aromatic N) is 1. The summed E-state index contributed by atoms with van der Waals surface area (Å²) in [5.41, 5.74) is 0.296. The Morgan fingerprint density at radius 1 is 1.23 bits per heavy atom. The molecule has 2 saturated heterocycles. The number of likely N-dealkylation sites (tertiary alicyclic amines) is 1. The summed E-state index contributed by atoms with van der Waals surface area (Å²) in [6.45, 7) is 4.49. The predicted molar refractivity (Wildman–Crippen MR) is 83.5 cm³/mol. The third-order valence-corrected chi connectivity index (χ3v) is 4.76. The number of hydrogen-bond acceptors (Lipinski definition) is 2. The Morgan fingerprint density at radius 3 is 2.64 bits per heavy atom. The Bertz CT molecular complexity index is 528. The Kier molecular flexibility index (Phi) is 5.32. The van der Waals surface area contributed by atoms with Crippen LogP contribution in [0.2, 0.25) is 5.02 Å². The van der Waals surface area contributed by atoms with E-state index >= 15 is 0 Å². The summed E-state index contributed by atoms with van der Waals surface area (Å²) in [7, 11) is 0. The molecule has 2 fully saturated rings. The van der Waals surface area contributed by atoms with Crippen molar-refractivity contribution in [3.63, 3.8) is 0 Å². The van der Waals surface area contributed by atoms with Crippen LogP contribution in [0.3, 0.4) is 0 Å². The van der Waals surface area contributed by atoms with E-state index in [0.717, 1.165) is 45.1 Å². The van der Waals surface area contributed by atoms with Gasteiger partial charge in [0.15, 0.2) is 0 Å². The Hall–Kier alpha value is -0.490. The number of alkyl halides is 3. The zero-order chi connectivity index (χ0) is 15.1. The molecule has 22 heavy (non-hydrogen) atoms. The molecule has 2 heterocycles. The van der Waals surface area contributed by atoms with Gasteiger partial charge in [0.2, 0.25) is 0 Å². The molecule has 1 aromatic rings. The fourth-order valence-electron chi connectivity index (χ4n) is 3.47. The molecule has 0 aromatic heterocycles. The van der Waals surface area contributed by atoms with Gasteiger partial charge in [-0.15, -0.1) is 12.4 Å². The van der Waals surface area contributed by atoms with Crippen molar-refractivity contribution < 1.29 is 13.2 Å². The van der Waals surface area contributed by atoms with Crippen LogP contribution in [0, 0.1) is 5.41 Å². The molecule has 1 N–H and O–H groups in total. The predicted octanol–water partition coefficient (Wildman–Crippen LogP) is 3.97. The number of nitrogens with one attached hydrogen (secondary N) is 1. The summed E-state index contributed by atoms with van der Waals surface area (Å²) in [6.07, 6.45) is -2.07. The second kappa shape index (κ2) is 6.56. The molecule has 3 rings (SSSR count). The van der Waals surface area contributed by atoms with Crippen LogP contribution in [0.5, 0.6) is 0 Å². The minimum absolute atomic E-state index is 0. The molecule has 1 aromatic carbocycles. The first-order valence-corrected chi connectivity index (χ1v) is 7.54. The van der Waals surface area contributed by atoms with E-state index < -0.39 is 11.7 Å². The number of rotatable bonds is 2. The zero-order valence-electron chi connectivity index (χ0n) is 12.0. The van der Waals surface area contributed by atoms with Crippen molar-refractivity contribution in [1.82, 2.24) is 10.2 Å². The maximum atomic E-state index is 12.8. The Morgan fingerprint density at radius 2 is 2.00 bits per heavy atom. The highest BCUT2D eigenvalue weighted by Crippen LogP contribution is 2.37. The summed E-state index contributed by atoms with van der Waals surface area (Å²) in [6, 6.07) is 3.83. The van der Waals surface area contributed by atoms with Crippen molar-refractivity contribution in [3.8, 4) is 0 Å². The number of halogens is 5. The van der Waals surface area contributed by atoms with Gasteiger partial charge in [0.1, 0.15) is 0 Å². The lowest BCUT2D eigenvalue weighted by molar-refractivity contribution is -0.137. The highest BCUT2D eigenvalue weighted by atomic mass is 35.5. The molecular formula is C15H19Cl2F3N2. The molecule has 0 aliphatic carbocycles. The van der Waals surface area contributed by atoms with Gasteiger partial charge in [-0.3, -0.25) is 4.90 Å². The molecule has 2 nitrogen and oxygen atoms in total. The van der Waals surface area contributed by atoms with Crippen LogP contribution >= 0.6 is 24.0 Å². The van der Waals surface area contributed by atoms with Gasteiger partial charge in [-0.25, -0.2) is 0 Å². The first-order valence-electron chi connectivity index (χ1n) is 7.16. The van der Waals surface area contributed by atoms with Crippen LogP contribution in [-0.2, 0) is 12.7 Å². The lowest BCUT2D eigenvalue weighted by Crippen LogP contribution is -2.29. The molecule has 2 aliphatic heterocycles. The van der Waals surface area contributed by atoms with E-state index in [9.17, 15) is 13.2 Å². The largest absolute Gasteiger partial charge is 0.416 e. The molecule has 1 unspecified atom stereocenters. The average molecular weight is 355 g/mol. The third kappa shape index (κ3) is 3.88. The maximum Gasteiger partial charge on any atom is 0.416 e. The lowest BCUT2D eigenvalue weighted by Gasteiger charge is -2.23. The van der Waals surface area contributed by atoms with E-state index in [1.54, 1.807) is 6.07 Å². The minimum Gasteiger partial charge on any atom is -0.316 e. The second-order valence-electron chi connectivity index (χ2n) is 6.23. The van der Waals surface area contributed by atoms with Crippen molar-refractivity contribution in [1.29, 1.82) is 0 Å².